The molecule has 1 aliphatic heterocycles. The highest BCUT2D eigenvalue weighted by molar-refractivity contribution is 5.98. The van der Waals surface area contributed by atoms with E-state index < -0.39 is 0 Å². The monoisotopic (exact) mass is 278 g/mol. The van der Waals surface area contributed by atoms with E-state index >= 15 is 0 Å². The normalized spacial score (nSPS) is 26.4. The third-order valence-corrected chi connectivity index (χ3v) is 4.43. The number of rotatable bonds is 2. The molecule has 1 saturated heterocycles. The van der Waals surface area contributed by atoms with Crippen LogP contribution in [0.4, 0.5) is 5.69 Å². The number of aromatic nitrogens is 2. The number of carbonyl (C=O) groups is 1. The number of aromatic amines is 1. The Bertz CT molecular complexity index is 497. The molecule has 0 bridgehead atoms. The molecule has 1 aromatic rings. The molecule has 2 fully saturated rings. The van der Waals surface area contributed by atoms with E-state index in [1.54, 1.807) is 0 Å². The molecule has 1 aromatic heterocycles. The Morgan fingerprint density at radius 3 is 3.05 bits per heavy atom. The Hall–Kier alpha value is -1.56. The van der Waals surface area contributed by atoms with Gasteiger partial charge in [0, 0.05) is 6.54 Å². The predicted octanol–water partition coefficient (Wildman–Crippen LogP) is 1.34. The number of nitrogen functional groups attached to an aromatic ring is 1. The molecule has 20 heavy (non-hydrogen) atoms. The number of nitrogens with one attached hydrogen (secondary N) is 1. The third-order valence-electron chi connectivity index (χ3n) is 4.43. The van der Waals surface area contributed by atoms with E-state index in [0.717, 1.165) is 31.4 Å². The van der Waals surface area contributed by atoms with Gasteiger partial charge in [-0.25, -0.2) is 0 Å². The van der Waals surface area contributed by atoms with E-state index in [1.807, 2.05) is 11.8 Å². The van der Waals surface area contributed by atoms with E-state index in [2.05, 4.69) is 10.2 Å². The highest BCUT2D eigenvalue weighted by Gasteiger charge is 2.38. The van der Waals surface area contributed by atoms with Crippen molar-refractivity contribution in [1.29, 1.82) is 0 Å². The Labute approximate surface area is 118 Å². The van der Waals surface area contributed by atoms with Crippen LogP contribution in [0.1, 0.15) is 48.8 Å². The molecule has 110 valence electrons. The van der Waals surface area contributed by atoms with Crippen LogP contribution in [0.5, 0.6) is 0 Å². The Morgan fingerprint density at radius 1 is 1.50 bits per heavy atom. The number of hydrogen-bond acceptors (Lipinski definition) is 4. The average molecular weight is 278 g/mol. The minimum atomic E-state index is -0.0568. The number of aryl methyl sites for hydroxylation is 1. The molecule has 3 rings (SSSR count). The van der Waals surface area contributed by atoms with Crippen LogP contribution in [0.2, 0.25) is 0 Å². The average Bonchev–Trinajstić information content (AvgIpc) is 2.87. The largest absolute Gasteiger partial charge is 0.395 e. The van der Waals surface area contributed by atoms with E-state index in [-0.39, 0.29) is 18.1 Å². The van der Waals surface area contributed by atoms with Crippen molar-refractivity contribution in [2.24, 2.45) is 0 Å². The van der Waals surface area contributed by atoms with E-state index in [9.17, 15) is 4.79 Å². The van der Waals surface area contributed by atoms with Crippen LogP contribution in [0.25, 0.3) is 0 Å². The lowest BCUT2D eigenvalue weighted by Crippen LogP contribution is -2.55. The summed E-state index contributed by atoms with van der Waals surface area (Å²) in [4.78, 5) is 14.6. The topological polar surface area (TPSA) is 84.2 Å². The highest BCUT2D eigenvalue weighted by atomic mass is 16.5. The third kappa shape index (κ3) is 2.18. The molecule has 2 unspecified atom stereocenters. The number of carbonyl (C=O) groups excluding carboxylic acids is 1. The van der Waals surface area contributed by atoms with Gasteiger partial charge in [-0.1, -0.05) is 19.8 Å². The summed E-state index contributed by atoms with van der Waals surface area (Å²) in [5, 5.41) is 6.98. The van der Waals surface area contributed by atoms with E-state index in [4.69, 9.17) is 10.5 Å². The SMILES string of the molecule is CCc1[nH]nc(C(=O)N2CCOC3CCCCC32)c1N. The van der Waals surface area contributed by atoms with Gasteiger partial charge in [0.05, 0.1) is 30.1 Å². The second-order valence-corrected chi connectivity index (χ2v) is 5.58. The second kappa shape index (κ2) is 5.44. The summed E-state index contributed by atoms with van der Waals surface area (Å²) in [7, 11) is 0. The van der Waals surface area contributed by atoms with Crippen molar-refractivity contribution in [2.45, 2.75) is 51.2 Å². The highest BCUT2D eigenvalue weighted by Crippen LogP contribution is 2.30. The zero-order valence-electron chi connectivity index (χ0n) is 11.9. The van der Waals surface area contributed by atoms with Crippen LogP contribution in [0.15, 0.2) is 0 Å². The lowest BCUT2D eigenvalue weighted by molar-refractivity contribution is -0.0754. The molecular weight excluding hydrogens is 256 g/mol. The maximum Gasteiger partial charge on any atom is 0.276 e. The summed E-state index contributed by atoms with van der Waals surface area (Å²) in [5.74, 6) is -0.0568. The van der Waals surface area contributed by atoms with Crippen LogP contribution in [-0.2, 0) is 11.2 Å². The number of nitrogens with two attached hydrogens (primary N) is 1. The quantitative estimate of drug-likeness (QED) is 0.855. The zero-order chi connectivity index (χ0) is 14.1. The lowest BCUT2D eigenvalue weighted by Gasteiger charge is -2.43. The van der Waals surface area contributed by atoms with Crippen molar-refractivity contribution in [1.82, 2.24) is 15.1 Å². The number of H-pyrrole nitrogens is 1. The molecule has 1 amide bonds. The molecule has 1 saturated carbocycles. The number of hydrogen-bond donors (Lipinski definition) is 2. The van der Waals surface area contributed by atoms with Gasteiger partial charge < -0.3 is 15.4 Å². The van der Waals surface area contributed by atoms with Crippen molar-refractivity contribution in [2.75, 3.05) is 18.9 Å². The Morgan fingerprint density at radius 2 is 2.30 bits per heavy atom. The van der Waals surface area contributed by atoms with Crippen molar-refractivity contribution in [3.05, 3.63) is 11.4 Å². The molecule has 6 nitrogen and oxygen atoms in total. The first kappa shape index (κ1) is 13.4. The number of morpholine rings is 1. The van der Waals surface area contributed by atoms with Gasteiger partial charge in [-0.05, 0) is 19.3 Å². The van der Waals surface area contributed by atoms with Crippen molar-refractivity contribution in [3.63, 3.8) is 0 Å². The van der Waals surface area contributed by atoms with Gasteiger partial charge in [-0.3, -0.25) is 9.89 Å². The summed E-state index contributed by atoms with van der Waals surface area (Å²) in [6.07, 6.45) is 5.35. The second-order valence-electron chi connectivity index (χ2n) is 5.58. The minimum Gasteiger partial charge on any atom is -0.395 e. The number of nitrogens with zero attached hydrogens (tertiary/aromatic N) is 2. The lowest BCUT2D eigenvalue weighted by atomic mass is 9.90. The van der Waals surface area contributed by atoms with Gasteiger partial charge in [-0.2, -0.15) is 5.10 Å². The Kier molecular flexibility index (Phi) is 3.65. The van der Waals surface area contributed by atoms with Crippen molar-refractivity contribution in [3.8, 4) is 0 Å². The zero-order valence-corrected chi connectivity index (χ0v) is 11.9. The number of amides is 1. The molecule has 1 aliphatic carbocycles. The Balaban J connectivity index is 1.83. The van der Waals surface area contributed by atoms with Gasteiger partial charge in [-0.15, -0.1) is 0 Å². The first-order valence-electron chi connectivity index (χ1n) is 7.47. The van der Waals surface area contributed by atoms with Crippen LogP contribution in [0, 0.1) is 0 Å². The van der Waals surface area contributed by atoms with Gasteiger partial charge in [0.1, 0.15) is 0 Å². The van der Waals surface area contributed by atoms with Crippen LogP contribution >= 0.6 is 0 Å². The number of fused-ring (bicyclic) bond motifs is 1. The summed E-state index contributed by atoms with van der Waals surface area (Å²) in [6.45, 7) is 3.23. The van der Waals surface area contributed by atoms with Gasteiger partial charge in [0.2, 0.25) is 0 Å². The fourth-order valence-electron chi connectivity index (χ4n) is 3.30. The molecule has 2 aliphatic rings. The standard InChI is InChI=1S/C14H22N4O2/c1-2-9-12(15)13(17-16-9)14(19)18-7-8-20-11-6-4-3-5-10(11)18/h10-11H,2-8,15H2,1H3,(H,16,17). The predicted molar refractivity (Wildman–Crippen MR) is 75.4 cm³/mol. The molecular formula is C14H22N4O2. The molecule has 6 heteroatoms. The van der Waals surface area contributed by atoms with Gasteiger partial charge in [0.15, 0.2) is 5.69 Å². The summed E-state index contributed by atoms with van der Waals surface area (Å²) in [5.41, 5.74) is 7.72. The minimum absolute atomic E-state index is 0.0568. The first-order valence-corrected chi connectivity index (χ1v) is 7.47. The molecule has 0 aromatic carbocycles. The summed E-state index contributed by atoms with van der Waals surface area (Å²) < 4.78 is 5.80. The van der Waals surface area contributed by atoms with Crippen molar-refractivity contribution >= 4 is 11.6 Å². The molecule has 0 radical (unpaired) electrons. The molecule has 2 heterocycles. The number of ether oxygens (including phenoxy) is 1. The molecule has 3 N–H and O–H groups in total. The maximum atomic E-state index is 12.7. The summed E-state index contributed by atoms with van der Waals surface area (Å²) >= 11 is 0. The fraction of sp³-hybridized carbons (Fsp3) is 0.714. The maximum absolute atomic E-state index is 12.7. The fourth-order valence-corrected chi connectivity index (χ4v) is 3.30. The number of anilines is 1. The van der Waals surface area contributed by atoms with Gasteiger partial charge in [0.25, 0.3) is 5.91 Å². The van der Waals surface area contributed by atoms with Crippen molar-refractivity contribution < 1.29 is 9.53 Å². The van der Waals surface area contributed by atoms with Crippen LogP contribution in [-0.4, -0.2) is 46.3 Å². The molecule has 0 spiro atoms. The molecule has 2 atom stereocenters. The van der Waals surface area contributed by atoms with Crippen LogP contribution in [0.3, 0.4) is 0 Å². The van der Waals surface area contributed by atoms with Crippen LogP contribution < -0.4 is 5.73 Å². The smallest absolute Gasteiger partial charge is 0.276 e. The van der Waals surface area contributed by atoms with E-state index in [1.165, 1.54) is 6.42 Å². The summed E-state index contributed by atoms with van der Waals surface area (Å²) in [6, 6.07) is 0.186. The van der Waals surface area contributed by atoms with E-state index in [0.29, 0.717) is 24.5 Å². The first-order chi connectivity index (χ1) is 9.72. The van der Waals surface area contributed by atoms with Gasteiger partial charge >= 0.3 is 0 Å².